The minimum atomic E-state index is -1.74. The van der Waals surface area contributed by atoms with Crippen molar-refractivity contribution >= 4 is 42.0 Å². The lowest BCUT2D eigenvalue weighted by Crippen LogP contribution is -2.80. The Morgan fingerprint density at radius 2 is 2.14 bits per heavy atom. The zero-order valence-electron chi connectivity index (χ0n) is 15.5. The van der Waals surface area contributed by atoms with Gasteiger partial charge in [0.15, 0.2) is 0 Å². The lowest BCUT2D eigenvalue weighted by atomic mass is 9.97. The molecule has 0 unspecified atom stereocenters. The Morgan fingerprint density at radius 3 is 2.69 bits per heavy atom. The van der Waals surface area contributed by atoms with E-state index in [0.29, 0.717) is 0 Å². The largest absolute Gasteiger partial charge is 0.480 e. The summed E-state index contributed by atoms with van der Waals surface area (Å²) in [5.74, 6) is -3.72. The highest BCUT2D eigenvalue weighted by molar-refractivity contribution is 8.00. The van der Waals surface area contributed by atoms with Crippen molar-refractivity contribution in [3.05, 3.63) is 11.3 Å². The van der Waals surface area contributed by atoms with Gasteiger partial charge in [0.1, 0.15) is 23.7 Å². The van der Waals surface area contributed by atoms with E-state index >= 15 is 0 Å². The predicted molar refractivity (Wildman–Crippen MR) is 97.1 cm³/mol. The molecule has 0 radical (unpaired) electrons. The van der Waals surface area contributed by atoms with Crippen LogP contribution in [0.3, 0.4) is 0 Å². The molecule has 1 saturated heterocycles. The molecule has 29 heavy (non-hydrogen) atoms. The second-order valence-corrected chi connectivity index (χ2v) is 7.40. The summed E-state index contributed by atoms with van der Waals surface area (Å²) in [6.07, 6.45) is 0.173. The number of carboxylic acid groups (broad SMARTS) is 2. The molecule has 0 aromatic carbocycles. The SMILES string of the molecule is CO[C@@]1(NC(=O)CCC[C@H](N)C(=O)O)C(=O)N2C(C(=O)O)=C(COC=O)CS[C@@H]21. The number of methoxy groups -OCH3 is 1. The Bertz CT molecular complexity index is 756. The van der Waals surface area contributed by atoms with Gasteiger partial charge in [-0.3, -0.25) is 24.1 Å². The van der Waals surface area contributed by atoms with E-state index < -0.39 is 40.9 Å². The van der Waals surface area contributed by atoms with Crippen molar-refractivity contribution in [1.82, 2.24) is 10.2 Å². The number of nitrogens with one attached hydrogen (secondary N) is 1. The fraction of sp³-hybridized carbons (Fsp3) is 0.562. The first-order valence-corrected chi connectivity index (χ1v) is 9.54. The van der Waals surface area contributed by atoms with Crippen LogP contribution in [0, 0.1) is 0 Å². The molecule has 0 saturated carbocycles. The maximum Gasteiger partial charge on any atom is 0.352 e. The molecule has 2 rings (SSSR count). The van der Waals surface area contributed by atoms with Crippen molar-refractivity contribution in [2.45, 2.75) is 36.4 Å². The molecule has 0 aromatic rings. The number of thioether (sulfide) groups is 1. The zero-order chi connectivity index (χ0) is 21.8. The summed E-state index contributed by atoms with van der Waals surface area (Å²) in [5, 5.41) is 19.9. The van der Waals surface area contributed by atoms with Gasteiger partial charge in [0.25, 0.3) is 18.1 Å². The lowest BCUT2D eigenvalue weighted by molar-refractivity contribution is -0.192. The molecule has 0 spiro atoms. The van der Waals surface area contributed by atoms with Crippen molar-refractivity contribution in [3.8, 4) is 0 Å². The Hall–Kier alpha value is -2.64. The highest BCUT2D eigenvalue weighted by Crippen LogP contribution is 2.46. The van der Waals surface area contributed by atoms with E-state index in [2.05, 4.69) is 10.1 Å². The number of carboxylic acids is 2. The normalized spacial score (nSPS) is 24.3. The van der Waals surface area contributed by atoms with Gasteiger partial charge in [-0.1, -0.05) is 0 Å². The standard InChI is InChI=1S/C16H21N3O9S/c1-27-16(18-10(21)4-2-3-9(17)12(22)23)14(26)19-11(13(24)25)8(5-28-7-20)6-29-15(16)19/h7,9,15H,2-6,17H2,1H3,(H,18,21)(H,22,23)(H,24,25)/t9-,15+,16-/m0/s1. The molecule has 3 atom stereocenters. The van der Waals surface area contributed by atoms with E-state index in [-0.39, 0.29) is 49.4 Å². The average molecular weight is 431 g/mol. The molecule has 2 aliphatic rings. The molecular weight excluding hydrogens is 410 g/mol. The van der Waals surface area contributed by atoms with Crippen LogP contribution in [0.2, 0.25) is 0 Å². The van der Waals surface area contributed by atoms with Gasteiger partial charge in [-0.15, -0.1) is 11.8 Å². The number of hydrogen-bond acceptors (Lipinski definition) is 9. The number of aliphatic carboxylic acids is 2. The minimum absolute atomic E-state index is 0.0764. The molecular formula is C16H21N3O9S. The number of fused-ring (bicyclic) bond motifs is 1. The van der Waals surface area contributed by atoms with Gasteiger partial charge < -0.3 is 30.7 Å². The molecule has 2 aliphatic heterocycles. The summed E-state index contributed by atoms with van der Waals surface area (Å²) in [4.78, 5) is 58.8. The fourth-order valence-corrected chi connectivity index (χ4v) is 4.48. The van der Waals surface area contributed by atoms with Crippen molar-refractivity contribution in [2.75, 3.05) is 19.5 Å². The van der Waals surface area contributed by atoms with Crippen LogP contribution in [-0.4, -0.2) is 81.9 Å². The minimum Gasteiger partial charge on any atom is -0.480 e. The number of rotatable bonds is 11. The van der Waals surface area contributed by atoms with Crippen LogP contribution in [0.1, 0.15) is 19.3 Å². The molecule has 13 heteroatoms. The number of nitrogens with two attached hydrogens (primary N) is 1. The summed E-state index contributed by atoms with van der Waals surface area (Å²) in [6.45, 7) is -0.0953. The molecule has 2 heterocycles. The topological polar surface area (TPSA) is 186 Å². The van der Waals surface area contributed by atoms with Gasteiger partial charge in [-0.05, 0) is 12.8 Å². The number of amides is 2. The molecule has 1 fully saturated rings. The highest BCUT2D eigenvalue weighted by atomic mass is 32.2. The maximum absolute atomic E-state index is 12.8. The van der Waals surface area contributed by atoms with E-state index in [9.17, 15) is 29.1 Å². The first kappa shape index (κ1) is 22.6. The Balaban J connectivity index is 2.10. The van der Waals surface area contributed by atoms with Crippen LogP contribution >= 0.6 is 11.8 Å². The van der Waals surface area contributed by atoms with Gasteiger partial charge in [-0.2, -0.15) is 0 Å². The number of β-lactam (4-membered cyclic amide) rings is 1. The smallest absolute Gasteiger partial charge is 0.352 e. The third kappa shape index (κ3) is 4.36. The van der Waals surface area contributed by atoms with Gasteiger partial charge >= 0.3 is 11.9 Å². The van der Waals surface area contributed by atoms with Crippen LogP contribution in [0.4, 0.5) is 0 Å². The monoisotopic (exact) mass is 431 g/mol. The van der Waals surface area contributed by atoms with Gasteiger partial charge in [0, 0.05) is 24.9 Å². The Morgan fingerprint density at radius 1 is 1.45 bits per heavy atom. The van der Waals surface area contributed by atoms with Crippen molar-refractivity contribution in [2.24, 2.45) is 5.73 Å². The summed E-state index contributed by atoms with van der Waals surface area (Å²) in [7, 11) is 1.21. The molecule has 160 valence electrons. The van der Waals surface area contributed by atoms with Gasteiger partial charge in [0.05, 0.1) is 0 Å². The Labute approximate surface area is 169 Å². The summed E-state index contributed by atoms with van der Waals surface area (Å²) in [6, 6.07) is -1.09. The second kappa shape index (κ2) is 9.24. The van der Waals surface area contributed by atoms with Gasteiger partial charge in [-0.25, -0.2) is 4.79 Å². The van der Waals surface area contributed by atoms with E-state index in [1.807, 2.05) is 0 Å². The van der Waals surface area contributed by atoms with E-state index in [4.69, 9.17) is 15.6 Å². The molecule has 5 N–H and O–H groups in total. The van der Waals surface area contributed by atoms with Crippen molar-refractivity contribution in [3.63, 3.8) is 0 Å². The number of hydrogen-bond donors (Lipinski definition) is 4. The molecule has 0 aromatic heterocycles. The first-order chi connectivity index (χ1) is 13.7. The zero-order valence-corrected chi connectivity index (χ0v) is 16.3. The van der Waals surface area contributed by atoms with Crippen molar-refractivity contribution in [1.29, 1.82) is 0 Å². The molecule has 2 amide bonds. The number of ether oxygens (including phenoxy) is 2. The lowest BCUT2D eigenvalue weighted by Gasteiger charge is -2.55. The van der Waals surface area contributed by atoms with E-state index in [1.165, 1.54) is 7.11 Å². The number of carbonyl (C=O) groups excluding carboxylic acids is 3. The van der Waals surface area contributed by atoms with E-state index in [0.717, 1.165) is 16.7 Å². The fourth-order valence-electron chi connectivity index (χ4n) is 3.06. The van der Waals surface area contributed by atoms with Crippen LogP contribution < -0.4 is 11.1 Å². The quantitative estimate of drug-likeness (QED) is 0.169. The highest BCUT2D eigenvalue weighted by Gasteiger charge is 2.66. The second-order valence-electron chi connectivity index (χ2n) is 6.33. The average Bonchev–Trinajstić information content (AvgIpc) is 2.68. The molecule has 12 nitrogen and oxygen atoms in total. The summed E-state index contributed by atoms with van der Waals surface area (Å²) in [5.41, 5.74) is 3.58. The molecule has 0 aliphatic carbocycles. The van der Waals surface area contributed by atoms with Crippen LogP contribution in [0.25, 0.3) is 0 Å². The van der Waals surface area contributed by atoms with Crippen LogP contribution in [0.15, 0.2) is 11.3 Å². The number of carbonyl (C=O) groups is 5. The number of nitrogens with zero attached hydrogens (tertiary/aromatic N) is 1. The maximum atomic E-state index is 12.8. The predicted octanol–water partition coefficient (Wildman–Crippen LogP) is -1.55. The van der Waals surface area contributed by atoms with E-state index in [1.54, 1.807) is 0 Å². The summed E-state index contributed by atoms with van der Waals surface area (Å²) >= 11 is 1.15. The molecule has 0 bridgehead atoms. The third-order valence-corrected chi connectivity index (χ3v) is 5.90. The van der Waals surface area contributed by atoms with Crippen LogP contribution in [-0.2, 0) is 33.4 Å². The third-order valence-electron chi connectivity index (χ3n) is 4.52. The first-order valence-electron chi connectivity index (χ1n) is 8.50. The summed E-state index contributed by atoms with van der Waals surface area (Å²) < 4.78 is 9.88. The van der Waals surface area contributed by atoms with Gasteiger partial charge in [0.2, 0.25) is 5.91 Å². The van der Waals surface area contributed by atoms with Crippen LogP contribution in [0.5, 0.6) is 0 Å². The van der Waals surface area contributed by atoms with Crippen molar-refractivity contribution < 1.29 is 43.7 Å². The Kier molecular flexibility index (Phi) is 7.21.